The molecule has 0 radical (unpaired) electrons. The number of carbonyl (C=O) groups excluding carboxylic acids is 3. The lowest BCUT2D eigenvalue weighted by atomic mass is 10.0. The first-order valence-electron chi connectivity index (χ1n) is 7.81. The Morgan fingerprint density at radius 3 is 2.32 bits per heavy atom. The molecule has 2 N–H and O–H groups in total. The minimum Gasteiger partial charge on any atom is -0.545 e. The molecule has 0 fully saturated rings. The second-order valence-electron chi connectivity index (χ2n) is 5.87. The Hall–Kier alpha value is -3.09. The average Bonchev–Trinajstić information content (AvgIpc) is 3.12. The van der Waals surface area contributed by atoms with Crippen LogP contribution >= 0.6 is 0 Å². The van der Waals surface area contributed by atoms with Gasteiger partial charge in [-0.2, -0.15) is 0 Å². The monoisotopic (exact) mass is 343 g/mol. The summed E-state index contributed by atoms with van der Waals surface area (Å²) in [7, 11) is 0. The molecule has 2 rings (SSSR count). The van der Waals surface area contributed by atoms with Crippen LogP contribution in [-0.2, 0) is 11.3 Å². The molecule has 1 aromatic carbocycles. The van der Waals surface area contributed by atoms with Gasteiger partial charge in [-0.15, -0.1) is 0 Å². The summed E-state index contributed by atoms with van der Waals surface area (Å²) in [6.45, 7) is 3.86. The fourth-order valence-corrected chi connectivity index (χ4v) is 2.21. The number of rotatable bonds is 7. The van der Waals surface area contributed by atoms with Crippen LogP contribution in [0.1, 0.15) is 40.3 Å². The van der Waals surface area contributed by atoms with E-state index in [9.17, 15) is 19.5 Å². The van der Waals surface area contributed by atoms with E-state index >= 15 is 0 Å². The van der Waals surface area contributed by atoms with Crippen LogP contribution in [0.5, 0.6) is 0 Å². The fourth-order valence-electron chi connectivity index (χ4n) is 2.21. The number of furan rings is 1. The Bertz CT molecular complexity index is 735. The highest BCUT2D eigenvalue weighted by molar-refractivity contribution is 5.95. The molecule has 1 aromatic heterocycles. The SMILES string of the molecule is CC(C)[C@H](NC(=O)c1ccco1)C(=O)NCc1ccc(C(=O)[O-])cc1. The van der Waals surface area contributed by atoms with Gasteiger partial charge in [0, 0.05) is 6.54 Å². The minimum atomic E-state index is -1.25. The number of hydrogen-bond donors (Lipinski definition) is 2. The Kier molecular flexibility index (Phi) is 5.94. The molecule has 132 valence electrons. The van der Waals surface area contributed by atoms with Crippen LogP contribution in [0.4, 0.5) is 0 Å². The highest BCUT2D eigenvalue weighted by Gasteiger charge is 2.25. The van der Waals surface area contributed by atoms with Gasteiger partial charge >= 0.3 is 0 Å². The van der Waals surface area contributed by atoms with E-state index in [-0.39, 0.29) is 29.7 Å². The first-order valence-corrected chi connectivity index (χ1v) is 7.81. The lowest BCUT2D eigenvalue weighted by Crippen LogP contribution is -2.49. The fraction of sp³-hybridized carbons (Fsp3) is 0.278. The first kappa shape index (κ1) is 18.3. The Balaban J connectivity index is 1.95. The number of carboxylic acid groups (broad SMARTS) is 1. The van der Waals surface area contributed by atoms with E-state index in [1.54, 1.807) is 18.2 Å². The van der Waals surface area contributed by atoms with Crippen molar-refractivity contribution >= 4 is 17.8 Å². The molecule has 0 bridgehead atoms. The van der Waals surface area contributed by atoms with Gasteiger partial charge in [-0.05, 0) is 29.2 Å². The lowest BCUT2D eigenvalue weighted by Gasteiger charge is -2.21. The zero-order chi connectivity index (χ0) is 18.4. The average molecular weight is 343 g/mol. The molecule has 2 amide bonds. The maximum Gasteiger partial charge on any atom is 0.287 e. The first-order chi connectivity index (χ1) is 11.9. The van der Waals surface area contributed by atoms with Crippen molar-refractivity contribution < 1.29 is 23.9 Å². The Morgan fingerprint density at radius 1 is 1.12 bits per heavy atom. The molecule has 7 heteroatoms. The van der Waals surface area contributed by atoms with Gasteiger partial charge in [0.1, 0.15) is 6.04 Å². The van der Waals surface area contributed by atoms with Crippen molar-refractivity contribution in [3.8, 4) is 0 Å². The number of benzene rings is 1. The third kappa shape index (κ3) is 4.94. The van der Waals surface area contributed by atoms with E-state index in [0.29, 0.717) is 0 Å². The molecule has 0 saturated heterocycles. The van der Waals surface area contributed by atoms with Crippen LogP contribution in [0.2, 0.25) is 0 Å². The standard InChI is InChI=1S/C18H20N2O5/c1-11(2)15(20-16(21)14-4-3-9-25-14)17(22)19-10-12-5-7-13(8-6-12)18(23)24/h3-9,11,15H,10H2,1-2H3,(H,19,22)(H,20,21)(H,23,24)/p-1/t15-/m0/s1. The molecule has 0 spiro atoms. The number of amides is 2. The molecule has 1 atom stereocenters. The van der Waals surface area contributed by atoms with E-state index in [2.05, 4.69) is 10.6 Å². The van der Waals surface area contributed by atoms with Crippen LogP contribution < -0.4 is 15.7 Å². The van der Waals surface area contributed by atoms with Crippen molar-refractivity contribution in [1.29, 1.82) is 0 Å². The zero-order valence-electron chi connectivity index (χ0n) is 13.9. The number of aromatic carboxylic acids is 1. The number of carboxylic acids is 1. The van der Waals surface area contributed by atoms with Crippen molar-refractivity contribution in [2.75, 3.05) is 0 Å². The maximum absolute atomic E-state index is 12.4. The van der Waals surface area contributed by atoms with E-state index < -0.39 is 17.9 Å². The van der Waals surface area contributed by atoms with E-state index in [4.69, 9.17) is 4.42 Å². The van der Waals surface area contributed by atoms with Gasteiger partial charge in [-0.3, -0.25) is 9.59 Å². The molecule has 0 saturated carbocycles. The molecule has 2 aromatic rings. The summed E-state index contributed by atoms with van der Waals surface area (Å²) in [6.07, 6.45) is 1.38. The maximum atomic E-state index is 12.4. The summed E-state index contributed by atoms with van der Waals surface area (Å²) in [6, 6.07) is 8.40. The quantitative estimate of drug-likeness (QED) is 0.769. The molecule has 0 aliphatic rings. The van der Waals surface area contributed by atoms with Gasteiger partial charge in [0.2, 0.25) is 5.91 Å². The number of carbonyl (C=O) groups is 3. The predicted octanol–water partition coefficient (Wildman–Crippen LogP) is 0.714. The summed E-state index contributed by atoms with van der Waals surface area (Å²) in [5, 5.41) is 16.1. The second kappa shape index (κ2) is 8.14. The Morgan fingerprint density at radius 2 is 1.80 bits per heavy atom. The Labute approximate surface area is 145 Å². The van der Waals surface area contributed by atoms with E-state index in [1.807, 2.05) is 13.8 Å². The normalized spacial score (nSPS) is 11.8. The van der Waals surface area contributed by atoms with Crippen molar-refractivity contribution in [2.24, 2.45) is 5.92 Å². The van der Waals surface area contributed by atoms with E-state index in [1.165, 1.54) is 24.5 Å². The van der Waals surface area contributed by atoms with Crippen molar-refractivity contribution in [1.82, 2.24) is 10.6 Å². The van der Waals surface area contributed by atoms with Crippen molar-refractivity contribution in [3.63, 3.8) is 0 Å². The van der Waals surface area contributed by atoms with Gasteiger partial charge in [0.15, 0.2) is 5.76 Å². The molecular formula is C18H19N2O5-. The van der Waals surface area contributed by atoms with Crippen molar-refractivity contribution in [3.05, 3.63) is 59.5 Å². The topological polar surface area (TPSA) is 111 Å². The van der Waals surface area contributed by atoms with Gasteiger partial charge in [-0.1, -0.05) is 38.1 Å². The third-order valence-electron chi connectivity index (χ3n) is 3.64. The molecule has 1 heterocycles. The summed E-state index contributed by atoms with van der Waals surface area (Å²) >= 11 is 0. The van der Waals surface area contributed by atoms with Crippen LogP contribution in [0.3, 0.4) is 0 Å². The summed E-state index contributed by atoms with van der Waals surface area (Å²) in [4.78, 5) is 35.1. The van der Waals surface area contributed by atoms with Crippen LogP contribution in [0.25, 0.3) is 0 Å². The van der Waals surface area contributed by atoms with Crippen LogP contribution in [-0.4, -0.2) is 23.8 Å². The van der Waals surface area contributed by atoms with Crippen LogP contribution in [0.15, 0.2) is 47.1 Å². The molecule has 7 nitrogen and oxygen atoms in total. The van der Waals surface area contributed by atoms with Gasteiger partial charge < -0.3 is 25.0 Å². The molecule has 0 unspecified atom stereocenters. The molecular weight excluding hydrogens is 324 g/mol. The second-order valence-corrected chi connectivity index (χ2v) is 5.87. The predicted molar refractivity (Wildman–Crippen MR) is 87.4 cm³/mol. The third-order valence-corrected chi connectivity index (χ3v) is 3.64. The highest BCUT2D eigenvalue weighted by Crippen LogP contribution is 2.07. The minimum absolute atomic E-state index is 0.0702. The lowest BCUT2D eigenvalue weighted by molar-refractivity contribution is -0.255. The van der Waals surface area contributed by atoms with E-state index in [0.717, 1.165) is 5.56 Å². The van der Waals surface area contributed by atoms with Gasteiger partial charge in [0.05, 0.1) is 12.2 Å². The zero-order valence-corrected chi connectivity index (χ0v) is 13.9. The molecule has 0 aliphatic heterocycles. The van der Waals surface area contributed by atoms with Crippen LogP contribution in [0, 0.1) is 5.92 Å². The smallest absolute Gasteiger partial charge is 0.287 e. The summed E-state index contributed by atoms with van der Waals surface area (Å²) in [5.41, 5.74) is 0.805. The molecule has 25 heavy (non-hydrogen) atoms. The van der Waals surface area contributed by atoms with Gasteiger partial charge in [0.25, 0.3) is 5.91 Å². The summed E-state index contributed by atoms with van der Waals surface area (Å²) < 4.78 is 5.02. The largest absolute Gasteiger partial charge is 0.545 e. The summed E-state index contributed by atoms with van der Waals surface area (Å²) in [5.74, 6) is -2.04. The highest BCUT2D eigenvalue weighted by atomic mass is 16.4. The van der Waals surface area contributed by atoms with Crippen molar-refractivity contribution in [2.45, 2.75) is 26.4 Å². The molecule has 0 aliphatic carbocycles. The number of hydrogen-bond acceptors (Lipinski definition) is 5. The van der Waals surface area contributed by atoms with Gasteiger partial charge in [-0.25, -0.2) is 0 Å². The number of nitrogens with one attached hydrogen (secondary N) is 2.